The molecule has 2 aromatic heterocycles. The fourth-order valence-corrected chi connectivity index (χ4v) is 5.38. The number of rotatable bonds is 14. The molecule has 0 spiro atoms. The number of methoxy groups -OCH3 is 1. The van der Waals surface area contributed by atoms with Crippen LogP contribution in [0.15, 0.2) is 48.8 Å². The van der Waals surface area contributed by atoms with Gasteiger partial charge in [-0.3, -0.25) is 0 Å². The summed E-state index contributed by atoms with van der Waals surface area (Å²) in [6.45, 7) is 4.83. The molecule has 1 aliphatic rings. The second-order valence-electron chi connectivity index (χ2n) is 10.1. The fraction of sp³-hybridized carbons (Fsp3) is 0.500. The number of ether oxygens (including phenoxy) is 2. The molecular weight excluding hydrogens is 551 g/mol. The molecule has 41 heavy (non-hydrogen) atoms. The van der Waals surface area contributed by atoms with E-state index < -0.39 is 11.7 Å². The van der Waals surface area contributed by atoms with E-state index in [2.05, 4.69) is 21.8 Å². The molecule has 0 N–H and O–H groups in total. The van der Waals surface area contributed by atoms with Gasteiger partial charge in [0.2, 0.25) is 11.8 Å². The van der Waals surface area contributed by atoms with E-state index in [4.69, 9.17) is 14.5 Å². The zero-order valence-corrected chi connectivity index (χ0v) is 24.7. The van der Waals surface area contributed by atoms with E-state index in [9.17, 15) is 13.2 Å². The topological polar surface area (TPSA) is 63.6 Å². The standard InChI is InChI=1S/C30H38F3N5O2S/c1-4-37(19-22-8-5-6-9-22)27-12-13-28(39-2)36-26(27)21-38(20-23-10-7-11-24(16-23)30(31,32)33)29-34-17-25(18-35-29)40-14-15-41-3/h7,10-13,16-18,22H,4-6,8-9,14-15,19-21H2,1-3H3. The van der Waals surface area contributed by atoms with Gasteiger partial charge < -0.3 is 19.3 Å². The molecule has 1 aliphatic carbocycles. The van der Waals surface area contributed by atoms with Gasteiger partial charge in [0.1, 0.15) is 0 Å². The summed E-state index contributed by atoms with van der Waals surface area (Å²) in [6, 6.07) is 9.23. The van der Waals surface area contributed by atoms with Gasteiger partial charge >= 0.3 is 6.18 Å². The van der Waals surface area contributed by atoms with Crippen molar-refractivity contribution in [2.24, 2.45) is 5.92 Å². The van der Waals surface area contributed by atoms with Gasteiger partial charge in [0.25, 0.3) is 0 Å². The van der Waals surface area contributed by atoms with Crippen LogP contribution in [0.25, 0.3) is 0 Å². The zero-order chi connectivity index (χ0) is 29.2. The number of hydrogen-bond acceptors (Lipinski definition) is 8. The number of thioether (sulfide) groups is 1. The SMILES string of the molecule is CCN(CC1CCCC1)c1ccc(OC)nc1CN(Cc1cccc(C(F)(F)F)c1)c1ncc(OCCSC)cn1. The Bertz CT molecular complexity index is 1240. The van der Waals surface area contributed by atoms with Crippen LogP contribution in [0.1, 0.15) is 49.4 Å². The molecular formula is C30H38F3N5O2S. The van der Waals surface area contributed by atoms with Crippen LogP contribution in [0.4, 0.5) is 24.8 Å². The molecule has 0 unspecified atom stereocenters. The number of halogens is 3. The summed E-state index contributed by atoms with van der Waals surface area (Å²) in [7, 11) is 1.57. The van der Waals surface area contributed by atoms with Crippen molar-refractivity contribution in [1.82, 2.24) is 15.0 Å². The van der Waals surface area contributed by atoms with E-state index in [-0.39, 0.29) is 13.1 Å². The van der Waals surface area contributed by atoms with Crippen molar-refractivity contribution in [3.05, 3.63) is 65.6 Å². The van der Waals surface area contributed by atoms with Crippen LogP contribution in [0.2, 0.25) is 0 Å². The number of nitrogens with zero attached hydrogens (tertiary/aromatic N) is 5. The summed E-state index contributed by atoms with van der Waals surface area (Å²) in [5, 5.41) is 0. The first-order valence-electron chi connectivity index (χ1n) is 13.9. The van der Waals surface area contributed by atoms with Crippen molar-refractivity contribution in [1.29, 1.82) is 0 Å². The lowest BCUT2D eigenvalue weighted by atomic mass is 10.1. The van der Waals surface area contributed by atoms with Crippen molar-refractivity contribution in [2.75, 3.05) is 48.6 Å². The van der Waals surface area contributed by atoms with Crippen LogP contribution < -0.4 is 19.3 Å². The Morgan fingerprint density at radius 3 is 2.44 bits per heavy atom. The van der Waals surface area contributed by atoms with Crippen molar-refractivity contribution < 1.29 is 22.6 Å². The molecule has 0 aliphatic heterocycles. The Morgan fingerprint density at radius 1 is 1.02 bits per heavy atom. The van der Waals surface area contributed by atoms with Gasteiger partial charge in [-0.25, -0.2) is 15.0 Å². The minimum atomic E-state index is -4.43. The number of pyridine rings is 1. The van der Waals surface area contributed by atoms with Crippen LogP contribution in [0.5, 0.6) is 11.6 Å². The lowest BCUT2D eigenvalue weighted by Crippen LogP contribution is -2.31. The first-order valence-corrected chi connectivity index (χ1v) is 15.3. The zero-order valence-electron chi connectivity index (χ0n) is 23.9. The Hall–Kier alpha value is -3.21. The highest BCUT2D eigenvalue weighted by Gasteiger charge is 2.30. The predicted octanol–water partition coefficient (Wildman–Crippen LogP) is 6.86. The van der Waals surface area contributed by atoms with Crippen LogP contribution in [-0.2, 0) is 19.3 Å². The second-order valence-corrected chi connectivity index (χ2v) is 11.1. The maximum atomic E-state index is 13.5. The molecule has 2 heterocycles. The molecule has 0 radical (unpaired) electrons. The molecule has 0 atom stereocenters. The fourth-order valence-electron chi connectivity index (χ4n) is 5.13. The van der Waals surface area contributed by atoms with Crippen LogP contribution in [0.3, 0.4) is 0 Å². The van der Waals surface area contributed by atoms with Crippen LogP contribution in [-0.4, -0.2) is 53.8 Å². The number of hydrogen-bond donors (Lipinski definition) is 0. The summed E-state index contributed by atoms with van der Waals surface area (Å²) >= 11 is 1.68. The minimum Gasteiger partial charge on any atom is -0.489 e. The molecule has 3 aromatic rings. The smallest absolute Gasteiger partial charge is 0.416 e. The Balaban J connectivity index is 1.67. The Kier molecular flexibility index (Phi) is 11.0. The predicted molar refractivity (Wildman–Crippen MR) is 158 cm³/mol. The molecule has 1 fully saturated rings. The Morgan fingerprint density at radius 2 is 1.78 bits per heavy atom. The largest absolute Gasteiger partial charge is 0.489 e. The van der Waals surface area contributed by atoms with Gasteiger partial charge in [0.15, 0.2) is 5.75 Å². The third-order valence-corrected chi connectivity index (χ3v) is 7.81. The third-order valence-electron chi connectivity index (χ3n) is 7.23. The molecule has 1 saturated carbocycles. The third kappa shape index (κ3) is 8.64. The maximum Gasteiger partial charge on any atom is 0.416 e. The normalized spacial score (nSPS) is 13.8. The number of alkyl halides is 3. The van der Waals surface area contributed by atoms with Crippen LogP contribution >= 0.6 is 11.8 Å². The van der Waals surface area contributed by atoms with Crippen molar-refractivity contribution in [3.63, 3.8) is 0 Å². The molecule has 1 aromatic carbocycles. The van der Waals surface area contributed by atoms with Gasteiger partial charge in [-0.1, -0.05) is 25.0 Å². The molecule has 0 amide bonds. The first-order chi connectivity index (χ1) is 19.8. The molecule has 0 saturated heterocycles. The summed E-state index contributed by atoms with van der Waals surface area (Å²) in [5.41, 5.74) is 1.53. The molecule has 11 heteroatoms. The van der Waals surface area contributed by atoms with Gasteiger partial charge in [-0.15, -0.1) is 0 Å². The summed E-state index contributed by atoms with van der Waals surface area (Å²) < 4.78 is 51.6. The van der Waals surface area contributed by atoms with Crippen LogP contribution in [0, 0.1) is 5.92 Å². The summed E-state index contributed by atoms with van der Waals surface area (Å²) in [5.74, 6) is 2.85. The number of benzene rings is 1. The van der Waals surface area contributed by atoms with Gasteiger partial charge in [-0.2, -0.15) is 24.9 Å². The van der Waals surface area contributed by atoms with Crippen molar-refractivity contribution in [3.8, 4) is 11.6 Å². The number of aromatic nitrogens is 3. The van der Waals surface area contributed by atoms with E-state index in [1.54, 1.807) is 37.3 Å². The van der Waals surface area contributed by atoms with E-state index in [1.807, 2.05) is 23.3 Å². The van der Waals surface area contributed by atoms with Gasteiger partial charge in [0.05, 0.1) is 49.6 Å². The second kappa shape index (κ2) is 14.6. The lowest BCUT2D eigenvalue weighted by molar-refractivity contribution is -0.137. The van der Waals surface area contributed by atoms with Crippen molar-refractivity contribution >= 4 is 23.4 Å². The van der Waals surface area contributed by atoms with E-state index in [0.29, 0.717) is 35.7 Å². The average molecular weight is 590 g/mol. The minimum absolute atomic E-state index is 0.156. The van der Waals surface area contributed by atoms with E-state index in [0.717, 1.165) is 36.3 Å². The molecule has 7 nitrogen and oxygen atoms in total. The van der Waals surface area contributed by atoms with Crippen molar-refractivity contribution in [2.45, 2.75) is 51.9 Å². The quantitative estimate of drug-likeness (QED) is 0.189. The average Bonchev–Trinajstić information content (AvgIpc) is 3.49. The lowest BCUT2D eigenvalue weighted by Gasteiger charge is -2.30. The van der Waals surface area contributed by atoms with Gasteiger partial charge in [-0.05, 0) is 55.7 Å². The molecule has 0 bridgehead atoms. The molecule has 222 valence electrons. The van der Waals surface area contributed by atoms with E-state index in [1.165, 1.54) is 37.8 Å². The van der Waals surface area contributed by atoms with Gasteiger partial charge in [0, 0.05) is 31.5 Å². The summed E-state index contributed by atoms with van der Waals surface area (Å²) in [4.78, 5) is 18.0. The number of anilines is 2. The maximum absolute atomic E-state index is 13.5. The molecule has 4 rings (SSSR count). The highest BCUT2D eigenvalue weighted by molar-refractivity contribution is 7.98. The van der Waals surface area contributed by atoms with E-state index >= 15 is 0 Å². The highest BCUT2D eigenvalue weighted by atomic mass is 32.2. The summed E-state index contributed by atoms with van der Waals surface area (Å²) in [6.07, 6.45) is 5.72. The highest BCUT2D eigenvalue weighted by Crippen LogP contribution is 2.32. The first kappa shape index (κ1) is 30.7. The monoisotopic (exact) mass is 589 g/mol. The Labute approximate surface area is 244 Å².